The maximum atomic E-state index is 12.4. The molecule has 0 aliphatic heterocycles. The van der Waals surface area contributed by atoms with Gasteiger partial charge in [-0.3, -0.25) is 0 Å². The minimum atomic E-state index is -4.89. The summed E-state index contributed by atoms with van der Waals surface area (Å²) in [6.07, 6.45) is -4.57. The van der Waals surface area contributed by atoms with E-state index in [0.29, 0.717) is 6.42 Å². The molecule has 134 valence electrons. The molecule has 1 rings (SSSR count). The van der Waals surface area contributed by atoms with Crippen molar-refractivity contribution < 1.29 is 32.2 Å². The molecule has 0 aliphatic carbocycles. The Morgan fingerprint density at radius 3 is 2.38 bits per heavy atom. The van der Waals surface area contributed by atoms with Gasteiger partial charge in [0.1, 0.15) is 6.04 Å². The summed E-state index contributed by atoms with van der Waals surface area (Å²) < 4.78 is 45.5. The summed E-state index contributed by atoms with van der Waals surface area (Å²) in [5.74, 6) is -1.10. The summed E-state index contributed by atoms with van der Waals surface area (Å²) in [7, 11) is 1.18. The number of halogens is 3. The van der Waals surface area contributed by atoms with Gasteiger partial charge in [-0.2, -0.15) is 0 Å². The number of amides is 2. The van der Waals surface area contributed by atoms with Crippen LogP contribution in [0, 0.1) is 5.92 Å². The van der Waals surface area contributed by atoms with Crippen LogP contribution in [0.3, 0.4) is 0 Å². The van der Waals surface area contributed by atoms with Crippen LogP contribution in [-0.2, 0) is 9.53 Å². The fourth-order valence-electron chi connectivity index (χ4n) is 1.93. The number of urea groups is 1. The van der Waals surface area contributed by atoms with Crippen LogP contribution >= 0.6 is 0 Å². The molecule has 0 saturated heterocycles. The van der Waals surface area contributed by atoms with Crippen LogP contribution in [0.1, 0.15) is 20.3 Å². The number of alkyl halides is 3. The number of rotatable bonds is 6. The summed E-state index contributed by atoms with van der Waals surface area (Å²) in [4.78, 5) is 23.6. The number of anilines is 1. The Kier molecular flexibility index (Phi) is 6.87. The number of ether oxygens (including phenoxy) is 2. The Morgan fingerprint density at radius 2 is 1.83 bits per heavy atom. The first kappa shape index (κ1) is 19.6. The first-order valence-electron chi connectivity index (χ1n) is 7.12. The van der Waals surface area contributed by atoms with Gasteiger partial charge in [0.15, 0.2) is 5.75 Å². The van der Waals surface area contributed by atoms with E-state index in [1.807, 2.05) is 13.8 Å². The molecule has 0 fully saturated rings. The molecule has 1 atom stereocenters. The highest BCUT2D eigenvalue weighted by molar-refractivity contribution is 5.93. The number of carbonyl (C=O) groups is 2. The molecular weight excluding hydrogens is 329 g/mol. The van der Waals surface area contributed by atoms with Crippen molar-refractivity contribution in [1.29, 1.82) is 0 Å². The molecule has 2 N–H and O–H groups in total. The summed E-state index contributed by atoms with van der Waals surface area (Å²) in [6.45, 7) is 3.70. The van der Waals surface area contributed by atoms with E-state index in [4.69, 9.17) is 0 Å². The summed E-state index contributed by atoms with van der Waals surface area (Å²) in [5.41, 5.74) is -0.180. The van der Waals surface area contributed by atoms with E-state index in [0.717, 1.165) is 6.07 Å². The molecule has 9 heteroatoms. The predicted molar refractivity (Wildman–Crippen MR) is 80.5 cm³/mol. The summed E-state index contributed by atoms with van der Waals surface area (Å²) >= 11 is 0. The second-order valence-electron chi connectivity index (χ2n) is 5.35. The smallest absolute Gasteiger partial charge is 0.467 e. The zero-order valence-electron chi connectivity index (χ0n) is 13.4. The van der Waals surface area contributed by atoms with Crippen molar-refractivity contribution >= 4 is 17.7 Å². The third kappa shape index (κ3) is 6.76. The van der Waals surface area contributed by atoms with Crippen molar-refractivity contribution in [2.24, 2.45) is 5.92 Å². The third-order valence-corrected chi connectivity index (χ3v) is 2.86. The minimum absolute atomic E-state index is 0.0928. The average Bonchev–Trinajstić information content (AvgIpc) is 2.45. The number of carbonyl (C=O) groups excluding carboxylic acids is 2. The maximum Gasteiger partial charge on any atom is 0.573 e. The first-order chi connectivity index (χ1) is 11.1. The number of methoxy groups -OCH3 is 1. The normalized spacial score (nSPS) is 12.5. The third-order valence-electron chi connectivity index (χ3n) is 2.86. The van der Waals surface area contributed by atoms with Gasteiger partial charge in [0, 0.05) is 0 Å². The zero-order valence-corrected chi connectivity index (χ0v) is 13.4. The SMILES string of the molecule is COC(=O)[C@H](CC(C)C)NC(=O)Nc1ccccc1OC(F)(F)F. The van der Waals surface area contributed by atoms with Crippen molar-refractivity contribution in [3.63, 3.8) is 0 Å². The van der Waals surface area contributed by atoms with Gasteiger partial charge in [-0.25, -0.2) is 9.59 Å². The van der Waals surface area contributed by atoms with Crippen LogP contribution in [0.5, 0.6) is 5.75 Å². The average molecular weight is 348 g/mol. The van der Waals surface area contributed by atoms with Gasteiger partial charge in [0.05, 0.1) is 12.8 Å². The van der Waals surface area contributed by atoms with Gasteiger partial charge in [0.25, 0.3) is 0 Å². The molecule has 0 radical (unpaired) electrons. The molecule has 1 aromatic rings. The van der Waals surface area contributed by atoms with Crippen LogP contribution in [0.25, 0.3) is 0 Å². The Bertz CT molecular complexity index is 576. The predicted octanol–water partition coefficient (Wildman–Crippen LogP) is 3.29. The van der Waals surface area contributed by atoms with Crippen molar-refractivity contribution in [1.82, 2.24) is 5.32 Å². The lowest BCUT2D eigenvalue weighted by molar-refractivity contribution is -0.274. The van der Waals surface area contributed by atoms with E-state index >= 15 is 0 Å². The molecule has 0 unspecified atom stereocenters. The number of hydrogen-bond acceptors (Lipinski definition) is 4. The highest BCUT2D eigenvalue weighted by Gasteiger charge is 2.32. The van der Waals surface area contributed by atoms with Gasteiger partial charge >= 0.3 is 18.4 Å². The molecule has 0 bridgehead atoms. The second-order valence-corrected chi connectivity index (χ2v) is 5.35. The molecule has 0 aromatic heterocycles. The van der Waals surface area contributed by atoms with E-state index in [1.165, 1.54) is 25.3 Å². The van der Waals surface area contributed by atoms with Gasteiger partial charge in [-0.1, -0.05) is 26.0 Å². The Morgan fingerprint density at radius 1 is 1.21 bits per heavy atom. The number of hydrogen-bond donors (Lipinski definition) is 2. The van der Waals surface area contributed by atoms with Crippen LogP contribution in [0.2, 0.25) is 0 Å². The molecule has 0 aliphatic rings. The lowest BCUT2D eigenvalue weighted by Crippen LogP contribution is -2.44. The molecule has 1 aromatic carbocycles. The molecular formula is C15H19F3N2O4. The number of benzene rings is 1. The number of nitrogens with one attached hydrogen (secondary N) is 2. The van der Waals surface area contributed by atoms with Crippen LogP contribution in [0.4, 0.5) is 23.7 Å². The van der Waals surface area contributed by atoms with Crippen molar-refractivity contribution in [2.75, 3.05) is 12.4 Å². The van der Waals surface area contributed by atoms with Gasteiger partial charge < -0.3 is 20.1 Å². The lowest BCUT2D eigenvalue weighted by Gasteiger charge is -2.19. The van der Waals surface area contributed by atoms with E-state index in [-0.39, 0.29) is 11.6 Å². The van der Waals surface area contributed by atoms with Crippen molar-refractivity contribution in [2.45, 2.75) is 32.7 Å². The topological polar surface area (TPSA) is 76.7 Å². The van der Waals surface area contributed by atoms with Crippen LogP contribution < -0.4 is 15.4 Å². The quantitative estimate of drug-likeness (QED) is 0.774. The van der Waals surface area contributed by atoms with E-state index in [1.54, 1.807) is 0 Å². The van der Waals surface area contributed by atoms with Gasteiger partial charge in [0.2, 0.25) is 0 Å². The van der Waals surface area contributed by atoms with Crippen LogP contribution in [-0.4, -0.2) is 31.5 Å². The Hall–Kier alpha value is -2.45. The second kappa shape index (κ2) is 8.42. The van der Waals surface area contributed by atoms with Crippen molar-refractivity contribution in [3.8, 4) is 5.75 Å². The van der Waals surface area contributed by atoms with Crippen LogP contribution in [0.15, 0.2) is 24.3 Å². The molecule has 0 spiro atoms. The fraction of sp³-hybridized carbons (Fsp3) is 0.467. The van der Waals surface area contributed by atoms with E-state index in [9.17, 15) is 22.8 Å². The monoisotopic (exact) mass is 348 g/mol. The van der Waals surface area contributed by atoms with E-state index < -0.39 is 30.2 Å². The highest BCUT2D eigenvalue weighted by atomic mass is 19.4. The zero-order chi connectivity index (χ0) is 18.3. The number of para-hydroxylation sites is 2. The fourth-order valence-corrected chi connectivity index (χ4v) is 1.93. The first-order valence-corrected chi connectivity index (χ1v) is 7.12. The molecule has 6 nitrogen and oxygen atoms in total. The maximum absolute atomic E-state index is 12.4. The van der Waals surface area contributed by atoms with E-state index in [2.05, 4.69) is 20.1 Å². The Labute approximate surface area is 137 Å². The minimum Gasteiger partial charge on any atom is -0.467 e. The van der Waals surface area contributed by atoms with Gasteiger partial charge in [-0.15, -0.1) is 13.2 Å². The largest absolute Gasteiger partial charge is 0.573 e. The van der Waals surface area contributed by atoms with Gasteiger partial charge in [-0.05, 0) is 24.5 Å². The van der Waals surface area contributed by atoms with Crippen molar-refractivity contribution in [3.05, 3.63) is 24.3 Å². The highest BCUT2D eigenvalue weighted by Crippen LogP contribution is 2.29. The molecule has 2 amide bonds. The molecule has 0 saturated carbocycles. The Balaban J connectivity index is 2.81. The standard InChI is InChI=1S/C15H19F3N2O4/c1-9(2)8-11(13(21)23-3)20-14(22)19-10-6-4-5-7-12(10)24-15(16,17)18/h4-7,9,11H,8H2,1-3H3,(H2,19,20,22)/t11-/m0/s1. The summed E-state index contributed by atoms with van der Waals surface area (Å²) in [5, 5.41) is 4.61. The number of esters is 1. The lowest BCUT2D eigenvalue weighted by atomic mass is 10.0. The molecule has 0 heterocycles. The summed E-state index contributed by atoms with van der Waals surface area (Å²) in [6, 6.07) is 3.32. The molecule has 24 heavy (non-hydrogen) atoms.